The molecule has 0 bridgehead atoms. The van der Waals surface area contributed by atoms with Gasteiger partial charge in [-0.1, -0.05) is 6.07 Å². The van der Waals surface area contributed by atoms with Crippen LogP contribution in [0.15, 0.2) is 36.5 Å². The lowest BCUT2D eigenvalue weighted by Gasteiger charge is -2.13. The van der Waals surface area contributed by atoms with Gasteiger partial charge in [0.2, 0.25) is 5.91 Å². The molecule has 6 heteroatoms. The lowest BCUT2D eigenvalue weighted by atomic mass is 10.2. The van der Waals surface area contributed by atoms with E-state index in [0.29, 0.717) is 13.1 Å². The van der Waals surface area contributed by atoms with Crippen molar-refractivity contribution in [3.05, 3.63) is 36.5 Å². The van der Waals surface area contributed by atoms with Crippen LogP contribution in [-0.4, -0.2) is 36.2 Å². The largest absolute Gasteiger partial charge is 0.442 e. The molecule has 0 saturated carbocycles. The Hall–Kier alpha value is -2.63. The third-order valence-corrected chi connectivity index (χ3v) is 3.35. The van der Waals surface area contributed by atoms with Crippen LogP contribution in [0.4, 0.5) is 10.5 Å². The van der Waals surface area contributed by atoms with Gasteiger partial charge in [0.05, 0.1) is 18.6 Å². The highest BCUT2D eigenvalue weighted by atomic mass is 16.6. The Morgan fingerprint density at radius 1 is 1.48 bits per heavy atom. The number of carbonyl (C=O) groups excluding carboxylic acids is 2. The maximum atomic E-state index is 11.9. The molecule has 1 aliphatic rings. The van der Waals surface area contributed by atoms with E-state index < -0.39 is 6.09 Å². The first-order chi connectivity index (χ1) is 10.1. The number of carbonyl (C=O) groups is 2. The number of benzene rings is 1. The van der Waals surface area contributed by atoms with Gasteiger partial charge in [-0.05, 0) is 24.3 Å². The number of nitrogens with one attached hydrogen (secondary N) is 1. The molecule has 0 aliphatic carbocycles. The molecular formula is C15H15N3O3. The molecule has 0 spiro atoms. The van der Waals surface area contributed by atoms with Gasteiger partial charge in [0, 0.05) is 24.2 Å². The number of cyclic esters (lactones) is 1. The summed E-state index contributed by atoms with van der Waals surface area (Å²) in [5, 5.41) is 3.62. The van der Waals surface area contributed by atoms with Gasteiger partial charge in [0.15, 0.2) is 0 Å². The Morgan fingerprint density at radius 3 is 3.14 bits per heavy atom. The van der Waals surface area contributed by atoms with Gasteiger partial charge in [0.1, 0.15) is 6.10 Å². The molecule has 21 heavy (non-hydrogen) atoms. The molecule has 6 nitrogen and oxygen atoms in total. The van der Waals surface area contributed by atoms with E-state index in [-0.39, 0.29) is 12.0 Å². The number of rotatable bonds is 3. The third kappa shape index (κ3) is 2.79. The molecule has 1 fully saturated rings. The summed E-state index contributed by atoms with van der Waals surface area (Å²) in [4.78, 5) is 28.7. The van der Waals surface area contributed by atoms with Crippen molar-refractivity contribution in [2.45, 2.75) is 13.0 Å². The van der Waals surface area contributed by atoms with Crippen LogP contribution in [0.2, 0.25) is 0 Å². The van der Waals surface area contributed by atoms with Gasteiger partial charge < -0.3 is 10.1 Å². The predicted molar refractivity (Wildman–Crippen MR) is 78.0 cm³/mol. The fraction of sp³-hybridized carbons (Fsp3) is 0.267. The first-order valence-corrected chi connectivity index (χ1v) is 6.71. The van der Waals surface area contributed by atoms with Crippen LogP contribution in [0.1, 0.15) is 6.92 Å². The molecule has 2 amide bonds. The number of aromatic nitrogens is 1. The van der Waals surface area contributed by atoms with Crippen LogP contribution in [-0.2, 0) is 9.53 Å². The number of nitrogens with zero attached hydrogens (tertiary/aromatic N) is 2. The van der Waals surface area contributed by atoms with Crippen molar-refractivity contribution in [2.24, 2.45) is 0 Å². The van der Waals surface area contributed by atoms with Crippen LogP contribution in [0.5, 0.6) is 0 Å². The second kappa shape index (κ2) is 5.40. The van der Waals surface area contributed by atoms with Gasteiger partial charge >= 0.3 is 6.09 Å². The van der Waals surface area contributed by atoms with E-state index in [1.54, 1.807) is 11.1 Å². The maximum absolute atomic E-state index is 11.9. The first-order valence-electron chi connectivity index (χ1n) is 6.71. The SMILES string of the molecule is CC(=O)NC[C@@H]1CN(c2ccc3ncccc3c2)C(=O)O1. The van der Waals surface area contributed by atoms with Crippen molar-refractivity contribution < 1.29 is 14.3 Å². The summed E-state index contributed by atoms with van der Waals surface area (Å²) in [5.41, 5.74) is 1.65. The fourth-order valence-corrected chi connectivity index (χ4v) is 2.33. The van der Waals surface area contributed by atoms with Crippen molar-refractivity contribution in [2.75, 3.05) is 18.0 Å². The van der Waals surface area contributed by atoms with Crippen molar-refractivity contribution in [3.63, 3.8) is 0 Å². The zero-order valence-corrected chi connectivity index (χ0v) is 11.6. The average Bonchev–Trinajstić information content (AvgIpc) is 2.86. The van der Waals surface area contributed by atoms with Crippen LogP contribution in [0.3, 0.4) is 0 Å². The van der Waals surface area contributed by atoms with Crippen molar-refractivity contribution >= 4 is 28.6 Å². The van der Waals surface area contributed by atoms with E-state index in [9.17, 15) is 9.59 Å². The predicted octanol–water partition coefficient (Wildman–Crippen LogP) is 1.70. The van der Waals surface area contributed by atoms with Crippen molar-refractivity contribution in [3.8, 4) is 0 Å². The van der Waals surface area contributed by atoms with Gasteiger partial charge in [-0.3, -0.25) is 14.7 Å². The molecule has 108 valence electrons. The number of pyridine rings is 1. The minimum absolute atomic E-state index is 0.138. The lowest BCUT2D eigenvalue weighted by Crippen LogP contribution is -2.33. The summed E-state index contributed by atoms with van der Waals surface area (Å²) in [6, 6.07) is 9.43. The molecule has 1 aromatic carbocycles. The van der Waals surface area contributed by atoms with Gasteiger partial charge in [-0.15, -0.1) is 0 Å². The molecule has 0 radical (unpaired) electrons. The van der Waals surface area contributed by atoms with E-state index in [4.69, 9.17) is 4.74 Å². The van der Waals surface area contributed by atoms with E-state index in [2.05, 4.69) is 10.3 Å². The monoisotopic (exact) mass is 285 g/mol. The average molecular weight is 285 g/mol. The molecular weight excluding hydrogens is 270 g/mol. The minimum atomic E-state index is -0.395. The van der Waals surface area contributed by atoms with Crippen LogP contribution in [0.25, 0.3) is 10.9 Å². The number of hydrogen-bond donors (Lipinski definition) is 1. The van der Waals surface area contributed by atoms with Crippen LogP contribution >= 0.6 is 0 Å². The molecule has 1 atom stereocenters. The highest BCUT2D eigenvalue weighted by Crippen LogP contribution is 2.25. The van der Waals surface area contributed by atoms with Crippen molar-refractivity contribution in [1.82, 2.24) is 10.3 Å². The van der Waals surface area contributed by atoms with Gasteiger partial charge in [0.25, 0.3) is 0 Å². The second-order valence-electron chi connectivity index (χ2n) is 4.93. The third-order valence-electron chi connectivity index (χ3n) is 3.35. The molecule has 0 unspecified atom stereocenters. The Morgan fingerprint density at radius 2 is 2.33 bits per heavy atom. The standard InChI is InChI=1S/C15H15N3O3/c1-10(19)17-8-13-9-18(15(20)21-13)12-4-5-14-11(7-12)3-2-6-16-14/h2-7,13H,8-9H2,1H3,(H,17,19)/t13-/m1/s1. The molecule has 2 aromatic rings. The molecule has 3 rings (SSSR count). The summed E-state index contributed by atoms with van der Waals surface area (Å²) in [5.74, 6) is -0.138. The number of hydrogen-bond acceptors (Lipinski definition) is 4. The number of anilines is 1. The number of fused-ring (bicyclic) bond motifs is 1. The second-order valence-corrected chi connectivity index (χ2v) is 4.93. The Bertz CT molecular complexity index is 701. The summed E-state index contributed by atoms with van der Waals surface area (Å²) in [6.07, 6.45) is 1.01. The zero-order valence-electron chi connectivity index (χ0n) is 11.6. The topological polar surface area (TPSA) is 71.5 Å². The smallest absolute Gasteiger partial charge is 0.414 e. The quantitative estimate of drug-likeness (QED) is 0.931. The van der Waals surface area contributed by atoms with E-state index >= 15 is 0 Å². The molecule has 1 saturated heterocycles. The summed E-state index contributed by atoms with van der Waals surface area (Å²) >= 11 is 0. The Labute approximate surface area is 121 Å². The highest BCUT2D eigenvalue weighted by molar-refractivity contribution is 5.93. The molecule has 1 aliphatic heterocycles. The fourth-order valence-electron chi connectivity index (χ4n) is 2.33. The Balaban J connectivity index is 1.79. The first kappa shape index (κ1) is 13.4. The molecule has 2 heterocycles. The summed E-state index contributed by atoms with van der Waals surface area (Å²) < 4.78 is 5.25. The highest BCUT2D eigenvalue weighted by Gasteiger charge is 2.32. The lowest BCUT2D eigenvalue weighted by molar-refractivity contribution is -0.119. The van der Waals surface area contributed by atoms with E-state index in [0.717, 1.165) is 16.6 Å². The van der Waals surface area contributed by atoms with Crippen molar-refractivity contribution in [1.29, 1.82) is 0 Å². The summed E-state index contributed by atoms with van der Waals surface area (Å²) in [6.45, 7) is 2.18. The van der Waals surface area contributed by atoms with Gasteiger partial charge in [-0.2, -0.15) is 0 Å². The maximum Gasteiger partial charge on any atom is 0.414 e. The normalized spacial score (nSPS) is 17.9. The van der Waals surface area contributed by atoms with E-state index in [1.165, 1.54) is 6.92 Å². The summed E-state index contributed by atoms with van der Waals surface area (Å²) in [7, 11) is 0. The molecule has 1 N–H and O–H groups in total. The Kier molecular flexibility index (Phi) is 3.43. The van der Waals surface area contributed by atoms with Crippen LogP contribution in [0, 0.1) is 0 Å². The number of amides is 2. The van der Waals surface area contributed by atoms with E-state index in [1.807, 2.05) is 30.3 Å². The minimum Gasteiger partial charge on any atom is -0.442 e. The van der Waals surface area contributed by atoms with Crippen LogP contribution < -0.4 is 10.2 Å². The molecule has 1 aromatic heterocycles. The zero-order chi connectivity index (χ0) is 14.8. The number of ether oxygens (including phenoxy) is 1. The van der Waals surface area contributed by atoms with Gasteiger partial charge in [-0.25, -0.2) is 4.79 Å².